The molecule has 0 saturated carbocycles. The second kappa shape index (κ2) is 9.20. The first kappa shape index (κ1) is 23.1. The third-order valence-electron chi connectivity index (χ3n) is 6.46. The van der Waals surface area contributed by atoms with E-state index < -0.39 is 5.56 Å². The number of hydrogen-bond donors (Lipinski definition) is 2. The van der Waals surface area contributed by atoms with Gasteiger partial charge in [-0.25, -0.2) is 0 Å². The maximum Gasteiger partial charge on any atom is 0.264 e. The molecule has 3 heterocycles. The van der Waals surface area contributed by atoms with Crippen LogP contribution in [0, 0.1) is 11.7 Å². The van der Waals surface area contributed by atoms with Crippen LogP contribution in [0.25, 0.3) is 5.69 Å². The van der Waals surface area contributed by atoms with Crippen LogP contribution in [0.2, 0.25) is 0 Å². The van der Waals surface area contributed by atoms with Crippen molar-refractivity contribution in [3.05, 3.63) is 67.7 Å². The van der Waals surface area contributed by atoms with E-state index in [1.165, 1.54) is 10.8 Å². The summed E-state index contributed by atoms with van der Waals surface area (Å²) in [5.74, 6) is 1.68. The number of hydrogen-bond acceptors (Lipinski definition) is 8. The number of aromatic hydroxyl groups is 1. The molecule has 10 heteroatoms. The van der Waals surface area contributed by atoms with Crippen LogP contribution < -0.4 is 19.8 Å². The second-order valence-electron chi connectivity index (χ2n) is 8.62. The molecule has 1 aromatic heterocycles. The molecule has 0 fully saturated rings. The fourth-order valence-electron chi connectivity index (χ4n) is 4.59. The molecule has 3 aromatic rings. The standard InChI is InChI=1S/C25H26N4O5S/c1-14-4-6-16(7-5-14)29-24(31)17(23(30)27-25(29)35)11-26-12-18-20-15(8-9-28(18)2)10-19-21(22(20)32-3)34-13-33-19/h4-7,10-11,18,31H,8-9,12-13H2,1-3H3,(H,27,30,35)/t18-/m1/s1. The summed E-state index contributed by atoms with van der Waals surface area (Å²) >= 11 is 5.30. The quantitative estimate of drug-likeness (QED) is 0.415. The van der Waals surface area contributed by atoms with Crippen molar-refractivity contribution in [3.8, 4) is 28.8 Å². The number of nitrogens with zero attached hydrogens (tertiary/aromatic N) is 3. The summed E-state index contributed by atoms with van der Waals surface area (Å²) in [6, 6.07) is 9.37. The molecule has 2 aromatic carbocycles. The second-order valence-corrected chi connectivity index (χ2v) is 9.01. The van der Waals surface area contributed by atoms with Crippen LogP contribution in [0.15, 0.2) is 40.1 Å². The molecule has 0 radical (unpaired) electrons. The minimum absolute atomic E-state index is 0.0375. The van der Waals surface area contributed by atoms with Gasteiger partial charge in [-0.15, -0.1) is 0 Å². The van der Waals surface area contributed by atoms with Crippen LogP contribution in [0.1, 0.15) is 28.3 Å². The van der Waals surface area contributed by atoms with E-state index >= 15 is 0 Å². The lowest BCUT2D eigenvalue weighted by Crippen LogP contribution is -2.34. The van der Waals surface area contributed by atoms with Gasteiger partial charge in [-0.05, 0) is 56.4 Å². The molecule has 0 aliphatic carbocycles. The molecule has 2 aliphatic rings. The third-order valence-corrected chi connectivity index (χ3v) is 6.74. The Morgan fingerprint density at radius 1 is 1.31 bits per heavy atom. The number of H-pyrrole nitrogens is 1. The molecular formula is C25H26N4O5S. The Balaban J connectivity index is 1.50. The van der Waals surface area contributed by atoms with Crippen molar-refractivity contribution in [2.45, 2.75) is 19.4 Å². The highest BCUT2D eigenvalue weighted by molar-refractivity contribution is 7.71. The van der Waals surface area contributed by atoms with Gasteiger partial charge in [0.25, 0.3) is 5.56 Å². The summed E-state index contributed by atoms with van der Waals surface area (Å²) in [5.41, 5.74) is 3.37. The van der Waals surface area contributed by atoms with Gasteiger partial charge in [-0.3, -0.25) is 24.2 Å². The molecule has 0 saturated heterocycles. The summed E-state index contributed by atoms with van der Waals surface area (Å²) < 4.78 is 18.5. The molecule has 182 valence electrons. The average molecular weight is 495 g/mol. The van der Waals surface area contributed by atoms with Crippen LogP contribution in [-0.4, -0.2) is 59.8 Å². The zero-order valence-corrected chi connectivity index (χ0v) is 20.5. The smallest absolute Gasteiger partial charge is 0.264 e. The van der Waals surface area contributed by atoms with Gasteiger partial charge in [0, 0.05) is 18.3 Å². The van der Waals surface area contributed by atoms with Crippen molar-refractivity contribution in [2.75, 3.05) is 34.0 Å². The Hall–Kier alpha value is -3.63. The van der Waals surface area contributed by atoms with Crippen molar-refractivity contribution in [3.63, 3.8) is 0 Å². The molecule has 1 atom stereocenters. The fourth-order valence-corrected chi connectivity index (χ4v) is 4.87. The molecule has 0 amide bonds. The van der Waals surface area contributed by atoms with E-state index in [2.05, 4.69) is 14.9 Å². The number of aliphatic imine (C=N–C) groups is 1. The van der Waals surface area contributed by atoms with E-state index in [1.54, 1.807) is 7.11 Å². The number of ether oxygens (including phenoxy) is 3. The first-order valence-electron chi connectivity index (χ1n) is 11.2. The SMILES string of the molecule is COc1c2c(cc3c1[C@@H](CN=Cc1c(O)n(-c4ccc(C)cc4)c(=S)[nH]c1=O)N(C)CC3)OCO2. The van der Waals surface area contributed by atoms with Gasteiger partial charge in [0.15, 0.2) is 16.3 Å². The third kappa shape index (κ3) is 4.08. The number of aromatic nitrogens is 2. The largest absolute Gasteiger partial charge is 0.494 e. The topological polar surface area (TPSA) is 101 Å². The molecule has 0 spiro atoms. The first-order chi connectivity index (χ1) is 16.9. The zero-order chi connectivity index (χ0) is 24.7. The number of fused-ring (bicyclic) bond motifs is 2. The number of likely N-dealkylation sites (N-methyl/N-ethyl adjacent to an activating group) is 1. The minimum Gasteiger partial charge on any atom is -0.494 e. The van der Waals surface area contributed by atoms with Crippen LogP contribution in [-0.2, 0) is 6.42 Å². The molecule has 0 bridgehead atoms. The molecule has 5 rings (SSSR count). The predicted octanol–water partition coefficient (Wildman–Crippen LogP) is 3.29. The van der Waals surface area contributed by atoms with E-state index in [4.69, 9.17) is 26.4 Å². The highest BCUT2D eigenvalue weighted by Gasteiger charge is 2.33. The van der Waals surface area contributed by atoms with Gasteiger partial charge in [0.1, 0.15) is 5.56 Å². The fraction of sp³-hybridized carbons (Fsp3) is 0.320. The summed E-state index contributed by atoms with van der Waals surface area (Å²) in [7, 11) is 3.64. The Labute approximate surface area is 207 Å². The predicted molar refractivity (Wildman–Crippen MR) is 134 cm³/mol. The van der Waals surface area contributed by atoms with Crippen molar-refractivity contribution in [1.82, 2.24) is 14.5 Å². The van der Waals surface area contributed by atoms with E-state index in [9.17, 15) is 9.90 Å². The van der Waals surface area contributed by atoms with E-state index in [0.717, 1.165) is 29.7 Å². The zero-order valence-electron chi connectivity index (χ0n) is 19.7. The van der Waals surface area contributed by atoms with Gasteiger partial charge in [-0.2, -0.15) is 0 Å². The lowest BCUT2D eigenvalue weighted by molar-refractivity contribution is 0.170. The van der Waals surface area contributed by atoms with Gasteiger partial charge < -0.3 is 19.3 Å². The number of methoxy groups -OCH3 is 1. The van der Waals surface area contributed by atoms with E-state index in [-0.39, 0.29) is 29.0 Å². The summed E-state index contributed by atoms with van der Waals surface area (Å²) in [6.07, 6.45) is 2.24. The van der Waals surface area contributed by atoms with E-state index in [1.807, 2.05) is 44.3 Å². The van der Waals surface area contributed by atoms with Crippen LogP contribution >= 0.6 is 12.2 Å². The normalized spacial score (nSPS) is 17.1. The van der Waals surface area contributed by atoms with Crippen LogP contribution in [0.3, 0.4) is 0 Å². The van der Waals surface area contributed by atoms with Gasteiger partial charge >= 0.3 is 0 Å². The number of nitrogens with one attached hydrogen (secondary N) is 1. The number of rotatable bonds is 5. The van der Waals surface area contributed by atoms with Gasteiger partial charge in [0.2, 0.25) is 18.4 Å². The Morgan fingerprint density at radius 3 is 2.83 bits per heavy atom. The molecule has 9 nitrogen and oxygen atoms in total. The number of benzene rings is 2. The molecule has 0 unspecified atom stereocenters. The van der Waals surface area contributed by atoms with Crippen LogP contribution in [0.4, 0.5) is 0 Å². The summed E-state index contributed by atoms with van der Waals surface area (Å²) in [5, 5.41) is 10.9. The van der Waals surface area contributed by atoms with Crippen molar-refractivity contribution in [2.24, 2.45) is 4.99 Å². The number of aromatic amines is 1. The lowest BCUT2D eigenvalue weighted by atomic mass is 9.91. The molecule has 2 aliphatic heterocycles. The minimum atomic E-state index is -0.502. The van der Waals surface area contributed by atoms with Crippen molar-refractivity contribution < 1.29 is 19.3 Å². The van der Waals surface area contributed by atoms with Crippen molar-refractivity contribution >= 4 is 18.4 Å². The molecule has 2 N–H and O–H groups in total. The Morgan fingerprint density at radius 2 is 2.09 bits per heavy atom. The van der Waals surface area contributed by atoms with Gasteiger partial charge in [0.05, 0.1) is 25.4 Å². The molecular weight excluding hydrogens is 468 g/mol. The highest BCUT2D eigenvalue weighted by Crippen LogP contribution is 2.49. The van der Waals surface area contributed by atoms with Crippen molar-refractivity contribution in [1.29, 1.82) is 0 Å². The monoisotopic (exact) mass is 494 g/mol. The maximum absolute atomic E-state index is 12.6. The summed E-state index contributed by atoms with van der Waals surface area (Å²) in [6.45, 7) is 3.31. The first-order valence-corrected chi connectivity index (χ1v) is 11.6. The summed E-state index contributed by atoms with van der Waals surface area (Å²) in [4.78, 5) is 22.0. The Bertz CT molecular complexity index is 1430. The van der Waals surface area contributed by atoms with Gasteiger partial charge in [-0.1, -0.05) is 17.7 Å². The maximum atomic E-state index is 12.6. The highest BCUT2D eigenvalue weighted by atomic mass is 32.1. The average Bonchev–Trinajstić information content (AvgIpc) is 3.30. The Kier molecular flexibility index (Phi) is 6.08. The molecule has 35 heavy (non-hydrogen) atoms. The van der Waals surface area contributed by atoms with Crippen LogP contribution in [0.5, 0.6) is 23.1 Å². The number of aryl methyl sites for hydroxylation is 1. The lowest BCUT2D eigenvalue weighted by Gasteiger charge is -2.35. The van der Waals surface area contributed by atoms with E-state index in [0.29, 0.717) is 29.5 Å².